The van der Waals surface area contributed by atoms with E-state index in [2.05, 4.69) is 44.9 Å². The molecule has 0 N–H and O–H groups in total. The average molecular weight is 734 g/mol. The highest BCUT2D eigenvalue weighted by molar-refractivity contribution is 9.08. The van der Waals surface area contributed by atoms with Gasteiger partial charge in [-0.1, -0.05) is 101 Å². The van der Waals surface area contributed by atoms with Crippen molar-refractivity contribution in [3.05, 3.63) is 131 Å². The minimum absolute atomic E-state index is 0.103. The number of rotatable bonds is 15. The summed E-state index contributed by atoms with van der Waals surface area (Å²) in [4.78, 5) is 44.2. The number of hydrogen-bond acceptors (Lipinski definition) is 8. The summed E-state index contributed by atoms with van der Waals surface area (Å²) < 4.78 is 20.9. The summed E-state index contributed by atoms with van der Waals surface area (Å²) in [6, 6.07) is 35.7. The van der Waals surface area contributed by atoms with Crippen LogP contribution in [0.4, 0.5) is 0 Å². The van der Waals surface area contributed by atoms with Gasteiger partial charge in [0.05, 0.1) is 13.2 Å². The van der Waals surface area contributed by atoms with Gasteiger partial charge in [-0.3, -0.25) is 19.2 Å². The van der Waals surface area contributed by atoms with Gasteiger partial charge in [-0.05, 0) is 80.6 Å². The first kappa shape index (κ1) is 40.4. The summed E-state index contributed by atoms with van der Waals surface area (Å²) in [5.41, 5.74) is 4.44. The molecule has 0 aliphatic heterocycles. The highest BCUT2D eigenvalue weighted by Gasteiger charge is 2.24. The van der Waals surface area contributed by atoms with E-state index in [4.69, 9.17) is 14.2 Å². The summed E-state index contributed by atoms with van der Waals surface area (Å²) in [5, 5.41) is 0.881. The Morgan fingerprint density at radius 2 is 1.04 bits per heavy atom. The first-order valence-corrected chi connectivity index (χ1v) is 17.2. The van der Waals surface area contributed by atoms with Crippen molar-refractivity contribution in [3.8, 4) is 11.5 Å². The van der Waals surface area contributed by atoms with Gasteiger partial charge in [0.2, 0.25) is 0 Å². The van der Waals surface area contributed by atoms with Crippen LogP contribution in [0, 0.1) is 5.92 Å². The Hall–Kier alpha value is -4.76. The van der Waals surface area contributed by atoms with Gasteiger partial charge in [0, 0.05) is 5.33 Å². The van der Waals surface area contributed by atoms with Crippen LogP contribution in [0.1, 0.15) is 56.4 Å². The molecular formula is C40H45BrO8. The SMILES string of the molecule is BrCc1ccc(OCc2ccccc2)cc1.CCOC(=O)C(Cc1ccc(OCc2ccccc2)cc1)C(C)=O.CCOC(=O)CC(C)=O. The fourth-order valence-electron chi connectivity index (χ4n) is 4.17. The quantitative estimate of drug-likeness (QED) is 0.0684. The van der Waals surface area contributed by atoms with E-state index in [1.165, 1.54) is 25.0 Å². The van der Waals surface area contributed by atoms with Crippen LogP contribution >= 0.6 is 15.9 Å². The molecule has 4 aromatic carbocycles. The highest BCUT2D eigenvalue weighted by atomic mass is 79.9. The zero-order valence-electron chi connectivity index (χ0n) is 28.6. The molecule has 0 aliphatic carbocycles. The van der Waals surface area contributed by atoms with E-state index in [1.54, 1.807) is 13.8 Å². The second kappa shape index (κ2) is 23.5. The number of alkyl halides is 1. The molecule has 9 heteroatoms. The monoisotopic (exact) mass is 732 g/mol. The van der Waals surface area contributed by atoms with Crippen molar-refractivity contribution < 1.29 is 38.1 Å². The third kappa shape index (κ3) is 17.3. The molecule has 0 heterocycles. The fourth-order valence-corrected chi connectivity index (χ4v) is 4.54. The smallest absolute Gasteiger partial charge is 0.316 e. The molecule has 0 radical (unpaired) electrons. The number of benzene rings is 4. The maximum atomic E-state index is 11.8. The summed E-state index contributed by atoms with van der Waals surface area (Å²) in [5.74, 6) is -0.335. The van der Waals surface area contributed by atoms with Crippen LogP contribution in [0.15, 0.2) is 109 Å². The van der Waals surface area contributed by atoms with E-state index in [9.17, 15) is 19.2 Å². The van der Waals surface area contributed by atoms with Crippen molar-refractivity contribution in [1.29, 1.82) is 0 Å². The maximum absolute atomic E-state index is 11.8. The first-order chi connectivity index (χ1) is 23.6. The Morgan fingerprint density at radius 3 is 1.43 bits per heavy atom. The Balaban J connectivity index is 0.000000286. The first-order valence-electron chi connectivity index (χ1n) is 16.0. The van der Waals surface area contributed by atoms with E-state index >= 15 is 0 Å². The molecule has 0 fully saturated rings. The lowest BCUT2D eigenvalue weighted by atomic mass is 9.96. The molecule has 0 bridgehead atoms. The fraction of sp³-hybridized carbons (Fsp3) is 0.300. The molecule has 0 saturated carbocycles. The van der Waals surface area contributed by atoms with Crippen LogP contribution in [0.5, 0.6) is 11.5 Å². The Morgan fingerprint density at radius 1 is 0.592 bits per heavy atom. The number of ketones is 2. The molecule has 8 nitrogen and oxygen atoms in total. The lowest BCUT2D eigenvalue weighted by Crippen LogP contribution is -2.26. The second-order valence-corrected chi connectivity index (χ2v) is 11.3. The number of hydrogen-bond donors (Lipinski definition) is 0. The number of halogens is 1. The van der Waals surface area contributed by atoms with Crippen LogP contribution < -0.4 is 9.47 Å². The molecule has 4 rings (SSSR count). The van der Waals surface area contributed by atoms with Crippen molar-refractivity contribution >= 4 is 39.4 Å². The minimum Gasteiger partial charge on any atom is -0.489 e. The third-order valence-corrected chi connectivity index (χ3v) is 7.35. The van der Waals surface area contributed by atoms with Crippen LogP contribution in [0.2, 0.25) is 0 Å². The zero-order valence-corrected chi connectivity index (χ0v) is 30.1. The van der Waals surface area contributed by atoms with Crippen LogP contribution in [0.3, 0.4) is 0 Å². The normalized spacial score (nSPS) is 10.6. The molecule has 260 valence electrons. The molecule has 4 aromatic rings. The highest BCUT2D eigenvalue weighted by Crippen LogP contribution is 2.18. The Labute approximate surface area is 297 Å². The third-order valence-electron chi connectivity index (χ3n) is 6.70. The van der Waals surface area contributed by atoms with Gasteiger partial charge in [0.25, 0.3) is 0 Å². The summed E-state index contributed by atoms with van der Waals surface area (Å²) in [6.07, 6.45) is 0.237. The number of carbonyl (C=O) groups is 4. The van der Waals surface area contributed by atoms with E-state index in [0.29, 0.717) is 26.2 Å². The zero-order chi connectivity index (χ0) is 35.9. The maximum Gasteiger partial charge on any atom is 0.316 e. The lowest BCUT2D eigenvalue weighted by Gasteiger charge is -2.13. The van der Waals surface area contributed by atoms with Crippen LogP contribution in [-0.2, 0) is 53.6 Å². The van der Waals surface area contributed by atoms with E-state index < -0.39 is 17.9 Å². The molecule has 0 saturated heterocycles. The molecule has 0 spiro atoms. The predicted molar refractivity (Wildman–Crippen MR) is 194 cm³/mol. The van der Waals surface area contributed by atoms with E-state index in [-0.39, 0.29) is 24.6 Å². The van der Waals surface area contributed by atoms with Crippen LogP contribution in [0.25, 0.3) is 0 Å². The van der Waals surface area contributed by atoms with Gasteiger partial charge in [0.1, 0.15) is 48.6 Å². The molecular weight excluding hydrogens is 688 g/mol. The standard InChI is InChI=1S/C20H22O4.C14H13BrO.C6H10O3/c1-3-23-20(22)19(15(2)21)13-16-9-11-18(12-10-16)24-14-17-7-5-4-6-8-17;15-10-12-6-8-14(9-7-12)16-11-13-4-2-1-3-5-13;1-3-9-6(8)4-5(2)7/h4-12,19H,3,13-14H2,1-2H3;1-9H,10-11H2;3-4H2,1-2H3. The predicted octanol–water partition coefficient (Wildman–Crippen LogP) is 8.27. The molecule has 0 amide bonds. The van der Waals surface area contributed by atoms with Gasteiger partial charge < -0.3 is 18.9 Å². The van der Waals surface area contributed by atoms with E-state index in [1.807, 2.05) is 84.9 Å². The Bertz CT molecular complexity index is 1540. The molecule has 1 atom stereocenters. The number of esters is 2. The molecule has 0 aromatic heterocycles. The second-order valence-electron chi connectivity index (χ2n) is 10.8. The van der Waals surface area contributed by atoms with Crippen LogP contribution in [-0.4, -0.2) is 36.7 Å². The number of ether oxygens (including phenoxy) is 4. The average Bonchev–Trinajstić information content (AvgIpc) is 3.11. The summed E-state index contributed by atoms with van der Waals surface area (Å²) in [7, 11) is 0. The molecule has 0 aliphatic rings. The summed E-state index contributed by atoms with van der Waals surface area (Å²) >= 11 is 3.42. The van der Waals surface area contributed by atoms with Gasteiger partial charge in [-0.2, -0.15) is 0 Å². The largest absolute Gasteiger partial charge is 0.489 e. The van der Waals surface area contributed by atoms with E-state index in [0.717, 1.165) is 28.0 Å². The topological polar surface area (TPSA) is 105 Å². The molecule has 1 unspecified atom stereocenters. The van der Waals surface area contributed by atoms with Gasteiger partial charge in [0.15, 0.2) is 0 Å². The van der Waals surface area contributed by atoms with Gasteiger partial charge in [-0.25, -0.2) is 0 Å². The summed E-state index contributed by atoms with van der Waals surface area (Å²) in [6.45, 7) is 7.94. The minimum atomic E-state index is -0.749. The number of carbonyl (C=O) groups excluding carboxylic acids is 4. The van der Waals surface area contributed by atoms with Crippen molar-refractivity contribution in [1.82, 2.24) is 0 Å². The Kier molecular flexibility index (Phi) is 19.4. The van der Waals surface area contributed by atoms with Crippen molar-refractivity contribution in [2.24, 2.45) is 5.92 Å². The number of Topliss-reactive ketones (excluding diaryl/α,β-unsaturated/α-hetero) is 2. The van der Waals surface area contributed by atoms with Gasteiger partial charge in [-0.15, -0.1) is 0 Å². The van der Waals surface area contributed by atoms with Crippen molar-refractivity contribution in [3.63, 3.8) is 0 Å². The lowest BCUT2D eigenvalue weighted by molar-refractivity contribution is -0.151. The molecule has 49 heavy (non-hydrogen) atoms. The van der Waals surface area contributed by atoms with Gasteiger partial charge >= 0.3 is 11.9 Å². The van der Waals surface area contributed by atoms with Crippen molar-refractivity contribution in [2.75, 3.05) is 13.2 Å². The van der Waals surface area contributed by atoms with Crippen molar-refractivity contribution in [2.45, 2.75) is 59.1 Å².